The van der Waals surface area contributed by atoms with Crippen LogP contribution in [-0.4, -0.2) is 34.9 Å². The Labute approximate surface area is 165 Å². The van der Waals surface area contributed by atoms with E-state index in [-0.39, 0.29) is 17.2 Å². The molecule has 0 spiro atoms. The highest BCUT2D eigenvalue weighted by atomic mass is 35.5. The number of methoxy groups -OCH3 is 1. The zero-order valence-corrected chi connectivity index (χ0v) is 16.2. The quantitative estimate of drug-likeness (QED) is 0.483. The lowest BCUT2D eigenvalue weighted by atomic mass is 10.2. The molecule has 0 unspecified atom stereocenters. The van der Waals surface area contributed by atoms with Crippen molar-refractivity contribution < 1.29 is 9.53 Å². The third-order valence-electron chi connectivity index (χ3n) is 3.83. The summed E-state index contributed by atoms with van der Waals surface area (Å²) in [4.78, 5) is 29.6. The molecule has 0 atom stereocenters. The summed E-state index contributed by atoms with van der Waals surface area (Å²) >= 11 is 7.26. The summed E-state index contributed by atoms with van der Waals surface area (Å²) in [5, 5.41) is 4.25. The smallest absolute Gasteiger partial charge is 0.262 e. The number of rotatable bonds is 7. The van der Waals surface area contributed by atoms with Crippen molar-refractivity contribution in [1.82, 2.24) is 9.55 Å². The third kappa shape index (κ3) is 4.68. The van der Waals surface area contributed by atoms with E-state index in [0.717, 1.165) is 0 Å². The summed E-state index contributed by atoms with van der Waals surface area (Å²) in [6.45, 7) is 0.737. The van der Waals surface area contributed by atoms with Crippen molar-refractivity contribution in [1.29, 1.82) is 0 Å². The molecular weight excluding hydrogens is 386 g/mol. The highest BCUT2D eigenvalue weighted by Gasteiger charge is 2.13. The fraction of sp³-hybridized carbons (Fsp3) is 0.211. The number of para-hydroxylation sites is 2. The van der Waals surface area contributed by atoms with Crippen LogP contribution >= 0.6 is 23.4 Å². The molecule has 0 radical (unpaired) electrons. The van der Waals surface area contributed by atoms with Gasteiger partial charge < -0.3 is 10.1 Å². The maximum atomic E-state index is 12.8. The van der Waals surface area contributed by atoms with Crippen LogP contribution in [0.25, 0.3) is 10.9 Å². The predicted octanol–water partition coefficient (Wildman–Crippen LogP) is 3.43. The highest BCUT2D eigenvalue weighted by molar-refractivity contribution is 7.99. The molecule has 8 heteroatoms. The Morgan fingerprint density at radius 3 is 2.74 bits per heavy atom. The number of nitrogens with zero attached hydrogens (tertiary/aromatic N) is 2. The number of hydrogen-bond acceptors (Lipinski definition) is 5. The lowest BCUT2D eigenvalue weighted by Gasteiger charge is -2.13. The topological polar surface area (TPSA) is 73.2 Å². The number of amides is 1. The molecule has 0 saturated heterocycles. The molecule has 0 bridgehead atoms. The van der Waals surface area contributed by atoms with Crippen LogP contribution in [0.3, 0.4) is 0 Å². The van der Waals surface area contributed by atoms with Crippen molar-refractivity contribution in [2.75, 3.05) is 24.8 Å². The minimum absolute atomic E-state index is 0.100. The van der Waals surface area contributed by atoms with E-state index >= 15 is 0 Å². The number of anilines is 1. The standard InChI is InChI=1S/C19H18ClN3O3S/c1-26-11-10-23-18(25)13-6-2-4-8-15(13)22-19(23)27-12-17(24)21-16-9-5-3-7-14(16)20/h2-9H,10-12H2,1H3,(H,21,24). The summed E-state index contributed by atoms with van der Waals surface area (Å²) < 4.78 is 6.64. The number of nitrogens with one attached hydrogen (secondary N) is 1. The maximum Gasteiger partial charge on any atom is 0.262 e. The van der Waals surface area contributed by atoms with Gasteiger partial charge in [0.25, 0.3) is 5.56 Å². The largest absolute Gasteiger partial charge is 0.383 e. The summed E-state index contributed by atoms with van der Waals surface area (Å²) in [6.07, 6.45) is 0. The first-order valence-electron chi connectivity index (χ1n) is 8.26. The molecule has 1 aromatic heterocycles. The molecule has 3 aromatic rings. The van der Waals surface area contributed by atoms with Crippen molar-refractivity contribution >= 4 is 45.9 Å². The van der Waals surface area contributed by atoms with E-state index in [9.17, 15) is 9.59 Å². The van der Waals surface area contributed by atoms with Gasteiger partial charge in [-0.05, 0) is 24.3 Å². The van der Waals surface area contributed by atoms with Crippen LogP contribution in [0, 0.1) is 0 Å². The van der Waals surface area contributed by atoms with Crippen LogP contribution in [0.1, 0.15) is 0 Å². The molecule has 27 heavy (non-hydrogen) atoms. The number of hydrogen-bond donors (Lipinski definition) is 1. The number of thioether (sulfide) groups is 1. The lowest BCUT2D eigenvalue weighted by Crippen LogP contribution is -2.26. The fourth-order valence-electron chi connectivity index (χ4n) is 2.52. The Bertz CT molecular complexity index is 1020. The average molecular weight is 404 g/mol. The van der Waals surface area contributed by atoms with Crippen LogP contribution in [0.15, 0.2) is 58.5 Å². The van der Waals surface area contributed by atoms with Gasteiger partial charge in [0.1, 0.15) is 0 Å². The SMILES string of the molecule is COCCn1c(SCC(=O)Nc2ccccc2Cl)nc2ccccc2c1=O. The van der Waals surface area contributed by atoms with Crippen LogP contribution < -0.4 is 10.9 Å². The normalized spacial score (nSPS) is 10.9. The molecule has 0 aliphatic heterocycles. The van der Waals surface area contributed by atoms with Crippen molar-refractivity contribution in [3.63, 3.8) is 0 Å². The van der Waals surface area contributed by atoms with E-state index in [4.69, 9.17) is 16.3 Å². The first-order valence-corrected chi connectivity index (χ1v) is 9.62. The number of carbonyl (C=O) groups is 1. The molecule has 0 saturated carbocycles. The van der Waals surface area contributed by atoms with E-state index < -0.39 is 0 Å². The van der Waals surface area contributed by atoms with Crippen molar-refractivity contribution in [2.45, 2.75) is 11.7 Å². The van der Waals surface area contributed by atoms with Gasteiger partial charge in [-0.1, -0.05) is 47.6 Å². The number of carbonyl (C=O) groups excluding carboxylic acids is 1. The van der Waals surface area contributed by atoms with Gasteiger partial charge in [-0.3, -0.25) is 14.2 Å². The predicted molar refractivity (Wildman–Crippen MR) is 109 cm³/mol. The Morgan fingerprint density at radius 2 is 1.96 bits per heavy atom. The maximum absolute atomic E-state index is 12.8. The molecular formula is C19H18ClN3O3S. The first kappa shape index (κ1) is 19.4. The number of benzene rings is 2. The number of halogens is 1. The van der Waals surface area contributed by atoms with Crippen LogP contribution in [0.4, 0.5) is 5.69 Å². The fourth-order valence-corrected chi connectivity index (χ4v) is 3.52. The van der Waals surface area contributed by atoms with Gasteiger partial charge >= 0.3 is 0 Å². The summed E-state index contributed by atoms with van der Waals surface area (Å²) in [5.74, 6) is -0.128. The van der Waals surface area contributed by atoms with Gasteiger partial charge in [-0.25, -0.2) is 4.98 Å². The lowest BCUT2D eigenvalue weighted by molar-refractivity contribution is -0.113. The Kier molecular flexibility index (Phi) is 6.49. The molecule has 140 valence electrons. The summed E-state index contributed by atoms with van der Waals surface area (Å²) in [5.41, 5.74) is 1.00. The van der Waals surface area contributed by atoms with Crippen molar-refractivity contribution in [3.8, 4) is 0 Å². The Balaban J connectivity index is 1.81. The van der Waals surface area contributed by atoms with Gasteiger partial charge in [-0.2, -0.15) is 0 Å². The van der Waals surface area contributed by atoms with Gasteiger partial charge in [-0.15, -0.1) is 0 Å². The van der Waals surface area contributed by atoms with E-state index in [2.05, 4.69) is 10.3 Å². The van der Waals surface area contributed by atoms with Crippen LogP contribution in [-0.2, 0) is 16.1 Å². The molecule has 1 heterocycles. The molecule has 0 aliphatic carbocycles. The summed E-state index contributed by atoms with van der Waals surface area (Å²) in [6, 6.07) is 14.2. The van der Waals surface area contributed by atoms with E-state index in [1.165, 1.54) is 11.8 Å². The molecule has 0 fully saturated rings. The molecule has 2 aromatic carbocycles. The van der Waals surface area contributed by atoms with Gasteiger partial charge in [0.2, 0.25) is 5.91 Å². The molecule has 6 nitrogen and oxygen atoms in total. The molecule has 3 rings (SSSR count). The zero-order chi connectivity index (χ0) is 19.2. The average Bonchev–Trinajstić information content (AvgIpc) is 2.68. The van der Waals surface area contributed by atoms with Crippen molar-refractivity contribution in [3.05, 3.63) is 63.9 Å². The van der Waals surface area contributed by atoms with E-state index in [0.29, 0.717) is 39.9 Å². The van der Waals surface area contributed by atoms with Gasteiger partial charge in [0.05, 0.1) is 40.5 Å². The second-order valence-electron chi connectivity index (χ2n) is 5.68. The van der Waals surface area contributed by atoms with Crippen LogP contribution in [0.2, 0.25) is 5.02 Å². The van der Waals surface area contributed by atoms with E-state index in [1.807, 2.05) is 6.07 Å². The molecule has 1 N–H and O–H groups in total. The van der Waals surface area contributed by atoms with Crippen LogP contribution in [0.5, 0.6) is 0 Å². The highest BCUT2D eigenvalue weighted by Crippen LogP contribution is 2.22. The van der Waals surface area contributed by atoms with Crippen molar-refractivity contribution in [2.24, 2.45) is 0 Å². The van der Waals surface area contributed by atoms with Gasteiger partial charge in [0, 0.05) is 7.11 Å². The monoisotopic (exact) mass is 403 g/mol. The van der Waals surface area contributed by atoms with Gasteiger partial charge in [0.15, 0.2) is 5.16 Å². The number of aromatic nitrogens is 2. The molecule has 0 aliphatic rings. The first-order chi connectivity index (χ1) is 13.1. The second kappa shape index (κ2) is 9.03. The third-order valence-corrected chi connectivity index (χ3v) is 5.13. The minimum atomic E-state index is -0.228. The zero-order valence-electron chi connectivity index (χ0n) is 14.6. The minimum Gasteiger partial charge on any atom is -0.383 e. The second-order valence-corrected chi connectivity index (χ2v) is 7.03. The summed E-state index contributed by atoms with van der Waals surface area (Å²) in [7, 11) is 1.57. The Hall–Kier alpha value is -2.35. The van der Waals surface area contributed by atoms with E-state index in [1.54, 1.807) is 54.1 Å². The number of ether oxygens (including phenoxy) is 1. The number of fused-ring (bicyclic) bond motifs is 1. The molecule has 1 amide bonds. The Morgan fingerprint density at radius 1 is 1.22 bits per heavy atom.